The van der Waals surface area contributed by atoms with Crippen LogP contribution in [0.3, 0.4) is 0 Å². The van der Waals surface area contributed by atoms with Crippen molar-refractivity contribution in [3.63, 3.8) is 0 Å². The van der Waals surface area contributed by atoms with Crippen molar-refractivity contribution in [1.82, 2.24) is 0 Å². The number of fused-ring (bicyclic) bond motifs is 2. The lowest BCUT2D eigenvalue weighted by atomic mass is 9.38. The van der Waals surface area contributed by atoms with Crippen LogP contribution in [0.2, 0.25) is 0 Å². The van der Waals surface area contributed by atoms with Crippen molar-refractivity contribution in [3.8, 4) is 0 Å². The van der Waals surface area contributed by atoms with Crippen molar-refractivity contribution in [2.24, 2.45) is 45.3 Å². The highest BCUT2D eigenvalue weighted by molar-refractivity contribution is 5.33. The molecule has 4 fully saturated rings. The van der Waals surface area contributed by atoms with Gasteiger partial charge in [0.1, 0.15) is 0 Å². The second-order valence-electron chi connectivity index (χ2n) is 14.4. The predicted octanol–water partition coefficient (Wildman–Crippen LogP) is 6.95. The number of aliphatic hydroxyl groups is 1. The number of hydrogen-bond acceptors (Lipinski definition) is 3. The zero-order valence-electron chi connectivity index (χ0n) is 23.1. The fourth-order valence-corrected chi connectivity index (χ4v) is 10.00. The van der Waals surface area contributed by atoms with Gasteiger partial charge in [-0.3, -0.25) is 0 Å². The van der Waals surface area contributed by atoms with Crippen molar-refractivity contribution in [3.05, 3.63) is 24.3 Å². The molecule has 3 saturated carbocycles. The summed E-state index contributed by atoms with van der Waals surface area (Å²) in [5.41, 5.74) is 0.238. The molecule has 5 aliphatic rings. The maximum Gasteiger partial charge on any atom is 0.0972 e. The molecule has 34 heavy (non-hydrogen) atoms. The van der Waals surface area contributed by atoms with Crippen molar-refractivity contribution in [2.75, 3.05) is 13.7 Å². The molecule has 1 saturated heterocycles. The minimum Gasteiger partial charge on any atom is -0.392 e. The number of ether oxygens (including phenoxy) is 2. The zero-order valence-corrected chi connectivity index (χ0v) is 23.1. The van der Waals surface area contributed by atoms with Gasteiger partial charge in [0.05, 0.1) is 23.9 Å². The largest absolute Gasteiger partial charge is 0.392 e. The molecule has 4 aliphatic carbocycles. The van der Waals surface area contributed by atoms with Crippen molar-refractivity contribution >= 4 is 0 Å². The molecule has 1 heterocycles. The number of allylic oxidation sites excluding steroid dienone is 2. The Balaban J connectivity index is 1.44. The zero-order chi connectivity index (χ0) is 24.8. The molecule has 0 aromatic rings. The normalized spacial score (nSPS) is 50.1. The highest BCUT2D eigenvalue weighted by Gasteiger charge is 2.75. The van der Waals surface area contributed by atoms with Gasteiger partial charge in [0.25, 0.3) is 0 Å². The molecule has 1 aliphatic heterocycles. The summed E-state index contributed by atoms with van der Waals surface area (Å²) in [5, 5.41) is 10.9. The molecule has 1 spiro atoms. The Morgan fingerprint density at radius 1 is 1.09 bits per heavy atom. The Kier molecular flexibility index (Phi) is 5.66. The first kappa shape index (κ1) is 25.0. The second kappa shape index (κ2) is 7.68. The van der Waals surface area contributed by atoms with Crippen molar-refractivity contribution in [2.45, 2.75) is 111 Å². The van der Waals surface area contributed by atoms with E-state index < -0.39 is 0 Å². The van der Waals surface area contributed by atoms with E-state index in [4.69, 9.17) is 9.47 Å². The summed E-state index contributed by atoms with van der Waals surface area (Å²) in [7, 11) is 1.79. The molecule has 1 N–H and O–H groups in total. The minimum atomic E-state index is -0.282. The van der Waals surface area contributed by atoms with Gasteiger partial charge in [0, 0.05) is 23.9 Å². The molecule has 192 valence electrons. The van der Waals surface area contributed by atoms with Crippen LogP contribution in [-0.4, -0.2) is 36.1 Å². The lowest BCUT2D eigenvalue weighted by Gasteiger charge is -2.65. The van der Waals surface area contributed by atoms with E-state index >= 15 is 0 Å². The number of rotatable bonds is 5. The summed E-state index contributed by atoms with van der Waals surface area (Å²) in [6.45, 7) is 17.4. The van der Waals surface area contributed by atoms with E-state index in [9.17, 15) is 5.11 Å². The van der Waals surface area contributed by atoms with Crippen LogP contribution in [0.15, 0.2) is 24.3 Å². The molecule has 9 atom stereocenters. The van der Waals surface area contributed by atoms with E-state index in [1.54, 1.807) is 7.11 Å². The molecule has 0 radical (unpaired) electrons. The maximum atomic E-state index is 10.9. The molecule has 3 nitrogen and oxygen atoms in total. The molecule has 9 unspecified atom stereocenters. The first-order valence-electron chi connectivity index (χ1n) is 14.0. The Morgan fingerprint density at radius 3 is 2.53 bits per heavy atom. The van der Waals surface area contributed by atoms with E-state index in [0.717, 1.165) is 31.8 Å². The van der Waals surface area contributed by atoms with Crippen LogP contribution in [0.5, 0.6) is 0 Å². The highest BCUT2D eigenvalue weighted by atomic mass is 16.5. The van der Waals surface area contributed by atoms with Crippen molar-refractivity contribution < 1.29 is 14.6 Å². The summed E-state index contributed by atoms with van der Waals surface area (Å²) >= 11 is 0. The predicted molar refractivity (Wildman–Crippen MR) is 138 cm³/mol. The fraction of sp³-hybridized carbons (Fsp3) is 0.871. The summed E-state index contributed by atoms with van der Waals surface area (Å²) in [6.07, 6.45) is 17.8. The average molecular weight is 471 g/mol. The number of aliphatic hydroxyl groups excluding tert-OH is 1. The molecule has 2 bridgehead atoms. The van der Waals surface area contributed by atoms with Crippen LogP contribution in [-0.2, 0) is 9.47 Å². The van der Waals surface area contributed by atoms with E-state index in [-0.39, 0.29) is 28.1 Å². The minimum absolute atomic E-state index is 0.186. The number of methoxy groups -OCH3 is 1. The van der Waals surface area contributed by atoms with E-state index in [1.807, 2.05) is 0 Å². The molecular weight excluding hydrogens is 420 g/mol. The van der Waals surface area contributed by atoms with Gasteiger partial charge in [-0.05, 0) is 87.4 Å². The van der Waals surface area contributed by atoms with Crippen LogP contribution < -0.4 is 0 Å². The van der Waals surface area contributed by atoms with Crippen LogP contribution in [0.25, 0.3) is 0 Å². The third-order valence-corrected chi connectivity index (χ3v) is 12.6. The van der Waals surface area contributed by atoms with E-state index in [2.05, 4.69) is 72.8 Å². The average Bonchev–Trinajstić information content (AvgIpc) is 3.17. The summed E-state index contributed by atoms with van der Waals surface area (Å²) in [4.78, 5) is 0. The van der Waals surface area contributed by atoms with Gasteiger partial charge in [0.15, 0.2) is 0 Å². The molecule has 3 heteroatoms. The van der Waals surface area contributed by atoms with Crippen LogP contribution >= 0.6 is 0 Å². The van der Waals surface area contributed by atoms with Gasteiger partial charge >= 0.3 is 0 Å². The standard InChI is InChI=1S/C31H50O3/c1-21(10-9-15-26(2,3)33-8)22-13-16-29(7)23-14-17-31-24(11-12-25(32)27(31,4)5)30(23,20-34-31)19-18-28(22,29)6/h9,14-15,17,21-25,32H,10-13,16,18-20H2,1-8H3. The Hall–Kier alpha value is -0.640. The van der Waals surface area contributed by atoms with Gasteiger partial charge in [-0.2, -0.15) is 0 Å². The fourth-order valence-electron chi connectivity index (χ4n) is 10.00. The summed E-state index contributed by atoms with van der Waals surface area (Å²) < 4.78 is 12.4. The van der Waals surface area contributed by atoms with Gasteiger partial charge in [-0.25, -0.2) is 0 Å². The van der Waals surface area contributed by atoms with Crippen LogP contribution in [0.1, 0.15) is 93.4 Å². The third-order valence-electron chi connectivity index (χ3n) is 12.6. The SMILES string of the molecule is COC(C)(C)C=CCC(C)C1CCC2(C)C3C=CC45OCC3(CCC12C)C4CCC(O)C5(C)C. The maximum absolute atomic E-state index is 10.9. The summed E-state index contributed by atoms with van der Waals surface area (Å²) in [6, 6.07) is 0. The Labute approximate surface area is 208 Å². The summed E-state index contributed by atoms with van der Waals surface area (Å²) in [5.74, 6) is 2.58. The first-order valence-corrected chi connectivity index (χ1v) is 14.0. The Bertz CT molecular complexity index is 872. The monoisotopic (exact) mass is 470 g/mol. The van der Waals surface area contributed by atoms with Crippen LogP contribution in [0.4, 0.5) is 0 Å². The molecule has 5 rings (SSSR count). The Morgan fingerprint density at radius 2 is 1.82 bits per heavy atom. The first-order chi connectivity index (χ1) is 15.8. The van der Waals surface area contributed by atoms with Gasteiger partial charge < -0.3 is 14.6 Å². The molecule has 0 aromatic heterocycles. The lowest BCUT2D eigenvalue weighted by molar-refractivity contribution is -0.168. The third kappa shape index (κ3) is 2.99. The highest BCUT2D eigenvalue weighted by Crippen LogP contribution is 2.77. The smallest absolute Gasteiger partial charge is 0.0972 e. The van der Waals surface area contributed by atoms with Gasteiger partial charge in [0.2, 0.25) is 0 Å². The topological polar surface area (TPSA) is 38.7 Å². The van der Waals surface area contributed by atoms with E-state index in [0.29, 0.717) is 28.6 Å². The quantitative estimate of drug-likeness (QED) is 0.442. The van der Waals surface area contributed by atoms with Crippen LogP contribution in [0, 0.1) is 45.3 Å². The molecule has 0 amide bonds. The van der Waals surface area contributed by atoms with Gasteiger partial charge in [-0.1, -0.05) is 58.9 Å². The lowest BCUT2D eigenvalue weighted by Crippen LogP contribution is -2.64. The second-order valence-corrected chi connectivity index (χ2v) is 14.4. The number of hydrogen-bond donors (Lipinski definition) is 1. The van der Waals surface area contributed by atoms with Crippen molar-refractivity contribution in [1.29, 1.82) is 0 Å². The van der Waals surface area contributed by atoms with E-state index in [1.165, 1.54) is 25.7 Å². The molecule has 0 aromatic carbocycles. The van der Waals surface area contributed by atoms with Gasteiger partial charge in [-0.15, -0.1) is 0 Å². The molecular formula is C31H50O3.